The molecule has 1 unspecified atom stereocenters. The number of aliphatic hydroxyl groups excluding tert-OH is 1. The summed E-state index contributed by atoms with van der Waals surface area (Å²) in [5, 5.41) is 14.7. The number of carbonyl (C=O) groups is 1. The average Bonchev–Trinajstić information content (AvgIpc) is 2.30. The molecule has 0 fully saturated rings. The van der Waals surface area contributed by atoms with Crippen molar-refractivity contribution in [3.63, 3.8) is 0 Å². The summed E-state index contributed by atoms with van der Waals surface area (Å²) in [7, 11) is 0. The molecule has 1 amide bonds. The Bertz CT molecular complexity index is 369. The minimum Gasteiger partial charge on any atom is -0.396 e. The molecule has 0 bridgehead atoms. The van der Waals surface area contributed by atoms with E-state index in [0.29, 0.717) is 18.7 Å². The van der Waals surface area contributed by atoms with E-state index < -0.39 is 0 Å². The highest BCUT2D eigenvalue weighted by Gasteiger charge is 2.07. The molecule has 1 rings (SSSR count). The Morgan fingerprint density at radius 2 is 2.35 bits per heavy atom. The van der Waals surface area contributed by atoms with Crippen LogP contribution in [0.15, 0.2) is 18.3 Å². The van der Waals surface area contributed by atoms with Crippen molar-refractivity contribution in [1.29, 1.82) is 0 Å². The molecule has 94 valence electrons. The number of nitrogens with one attached hydrogen (secondary N) is 2. The number of carbonyl (C=O) groups excluding carboxylic acids is 1. The molecule has 0 spiro atoms. The summed E-state index contributed by atoms with van der Waals surface area (Å²) in [6, 6.07) is 3.67. The molecule has 1 aromatic rings. The van der Waals surface area contributed by atoms with Crippen molar-refractivity contribution in [1.82, 2.24) is 10.3 Å². The SMILES string of the molecule is CCNC(=O)c1cc(NC(C)CCO)ccn1. The Balaban J connectivity index is 2.68. The molecule has 0 aromatic carbocycles. The van der Waals surface area contributed by atoms with Crippen LogP contribution in [0.5, 0.6) is 0 Å². The van der Waals surface area contributed by atoms with Crippen LogP contribution in [0.1, 0.15) is 30.8 Å². The third kappa shape index (κ3) is 4.40. The molecule has 1 heterocycles. The van der Waals surface area contributed by atoms with E-state index in [1.165, 1.54) is 0 Å². The van der Waals surface area contributed by atoms with Crippen LogP contribution < -0.4 is 10.6 Å². The molecule has 0 aliphatic heterocycles. The minimum atomic E-state index is -0.175. The van der Waals surface area contributed by atoms with E-state index in [1.54, 1.807) is 18.3 Å². The lowest BCUT2D eigenvalue weighted by molar-refractivity contribution is 0.0951. The highest BCUT2D eigenvalue weighted by Crippen LogP contribution is 2.10. The van der Waals surface area contributed by atoms with Gasteiger partial charge in [-0.15, -0.1) is 0 Å². The van der Waals surface area contributed by atoms with Gasteiger partial charge in [-0.05, 0) is 32.4 Å². The lowest BCUT2D eigenvalue weighted by atomic mass is 10.2. The highest BCUT2D eigenvalue weighted by atomic mass is 16.3. The van der Waals surface area contributed by atoms with Crippen molar-refractivity contribution < 1.29 is 9.90 Å². The van der Waals surface area contributed by atoms with Crippen LogP contribution in [0.2, 0.25) is 0 Å². The van der Waals surface area contributed by atoms with Gasteiger partial charge in [0.1, 0.15) is 5.69 Å². The number of hydrogen-bond donors (Lipinski definition) is 3. The van der Waals surface area contributed by atoms with E-state index >= 15 is 0 Å². The Hall–Kier alpha value is -1.62. The summed E-state index contributed by atoms with van der Waals surface area (Å²) in [6.45, 7) is 4.56. The first-order valence-electron chi connectivity index (χ1n) is 5.79. The average molecular weight is 237 g/mol. The normalized spacial score (nSPS) is 11.9. The second-order valence-electron chi connectivity index (χ2n) is 3.85. The van der Waals surface area contributed by atoms with Crippen LogP contribution in [0, 0.1) is 0 Å². The van der Waals surface area contributed by atoms with Crippen molar-refractivity contribution in [2.75, 3.05) is 18.5 Å². The van der Waals surface area contributed by atoms with Crippen molar-refractivity contribution in [3.05, 3.63) is 24.0 Å². The summed E-state index contributed by atoms with van der Waals surface area (Å²) in [5.41, 5.74) is 1.23. The molecule has 17 heavy (non-hydrogen) atoms. The zero-order valence-corrected chi connectivity index (χ0v) is 10.2. The molecule has 0 saturated carbocycles. The van der Waals surface area contributed by atoms with Gasteiger partial charge in [-0.1, -0.05) is 0 Å². The Kier molecular flexibility index (Phi) is 5.42. The summed E-state index contributed by atoms with van der Waals surface area (Å²) in [6.07, 6.45) is 2.26. The monoisotopic (exact) mass is 237 g/mol. The zero-order chi connectivity index (χ0) is 12.7. The standard InChI is InChI=1S/C12H19N3O2/c1-3-13-12(17)11-8-10(4-6-14-11)15-9(2)5-7-16/h4,6,8-9,16H,3,5,7H2,1-2H3,(H,13,17)(H,14,15). The Labute approximate surface area is 101 Å². The largest absolute Gasteiger partial charge is 0.396 e. The third-order valence-corrected chi connectivity index (χ3v) is 2.31. The summed E-state index contributed by atoms with van der Waals surface area (Å²) < 4.78 is 0. The van der Waals surface area contributed by atoms with Gasteiger partial charge in [-0.3, -0.25) is 9.78 Å². The smallest absolute Gasteiger partial charge is 0.269 e. The van der Waals surface area contributed by atoms with E-state index in [2.05, 4.69) is 15.6 Å². The first-order chi connectivity index (χ1) is 8.17. The van der Waals surface area contributed by atoms with Crippen molar-refractivity contribution in [2.45, 2.75) is 26.3 Å². The van der Waals surface area contributed by atoms with Gasteiger partial charge in [-0.25, -0.2) is 0 Å². The number of amides is 1. The lowest BCUT2D eigenvalue weighted by Gasteiger charge is -2.14. The minimum absolute atomic E-state index is 0.141. The van der Waals surface area contributed by atoms with Gasteiger partial charge < -0.3 is 15.7 Å². The first-order valence-corrected chi connectivity index (χ1v) is 5.79. The maximum Gasteiger partial charge on any atom is 0.269 e. The number of aliphatic hydroxyl groups is 1. The van der Waals surface area contributed by atoms with Crippen molar-refractivity contribution >= 4 is 11.6 Å². The lowest BCUT2D eigenvalue weighted by Crippen LogP contribution is -2.24. The first kappa shape index (κ1) is 13.4. The number of pyridine rings is 1. The number of rotatable bonds is 6. The number of anilines is 1. The molecule has 1 atom stereocenters. The van der Waals surface area contributed by atoms with E-state index in [0.717, 1.165) is 5.69 Å². The number of nitrogens with zero attached hydrogens (tertiary/aromatic N) is 1. The van der Waals surface area contributed by atoms with Gasteiger partial charge in [0.25, 0.3) is 5.91 Å². The molecule has 5 nitrogen and oxygen atoms in total. The van der Waals surface area contributed by atoms with Gasteiger partial charge in [-0.2, -0.15) is 0 Å². The van der Waals surface area contributed by atoms with Crippen LogP contribution in [-0.4, -0.2) is 35.2 Å². The molecular weight excluding hydrogens is 218 g/mol. The molecule has 5 heteroatoms. The fourth-order valence-corrected chi connectivity index (χ4v) is 1.45. The summed E-state index contributed by atoms with van der Waals surface area (Å²) in [5.74, 6) is -0.175. The maximum absolute atomic E-state index is 11.6. The van der Waals surface area contributed by atoms with Gasteiger partial charge in [0.05, 0.1) is 0 Å². The predicted octanol–water partition coefficient (Wildman–Crippen LogP) is 1.01. The van der Waals surface area contributed by atoms with Crippen molar-refractivity contribution in [2.24, 2.45) is 0 Å². The number of hydrogen-bond acceptors (Lipinski definition) is 4. The quantitative estimate of drug-likeness (QED) is 0.690. The van der Waals surface area contributed by atoms with E-state index in [1.807, 2.05) is 13.8 Å². The fraction of sp³-hybridized carbons (Fsp3) is 0.500. The van der Waals surface area contributed by atoms with Gasteiger partial charge in [0.15, 0.2) is 0 Å². The number of aromatic nitrogens is 1. The molecular formula is C12H19N3O2. The van der Waals surface area contributed by atoms with E-state index in [-0.39, 0.29) is 18.6 Å². The maximum atomic E-state index is 11.6. The second-order valence-corrected chi connectivity index (χ2v) is 3.85. The zero-order valence-electron chi connectivity index (χ0n) is 10.2. The Morgan fingerprint density at radius 1 is 1.59 bits per heavy atom. The summed E-state index contributed by atoms with van der Waals surface area (Å²) >= 11 is 0. The second kappa shape index (κ2) is 6.85. The van der Waals surface area contributed by atoms with Crippen LogP contribution in [-0.2, 0) is 0 Å². The molecule has 0 aliphatic rings. The van der Waals surface area contributed by atoms with Gasteiger partial charge >= 0.3 is 0 Å². The fourth-order valence-electron chi connectivity index (χ4n) is 1.45. The third-order valence-electron chi connectivity index (χ3n) is 2.31. The van der Waals surface area contributed by atoms with E-state index in [4.69, 9.17) is 5.11 Å². The Morgan fingerprint density at radius 3 is 3.00 bits per heavy atom. The van der Waals surface area contributed by atoms with E-state index in [9.17, 15) is 4.79 Å². The molecule has 0 radical (unpaired) electrons. The topological polar surface area (TPSA) is 74.2 Å². The van der Waals surface area contributed by atoms with Gasteiger partial charge in [0.2, 0.25) is 0 Å². The van der Waals surface area contributed by atoms with Gasteiger partial charge in [0, 0.05) is 31.1 Å². The molecule has 1 aromatic heterocycles. The highest BCUT2D eigenvalue weighted by molar-refractivity contribution is 5.93. The van der Waals surface area contributed by atoms with Crippen LogP contribution in [0.4, 0.5) is 5.69 Å². The van der Waals surface area contributed by atoms with Crippen LogP contribution in [0.3, 0.4) is 0 Å². The van der Waals surface area contributed by atoms with Crippen LogP contribution >= 0.6 is 0 Å². The molecule has 3 N–H and O–H groups in total. The molecule has 0 saturated heterocycles. The van der Waals surface area contributed by atoms with Crippen molar-refractivity contribution in [3.8, 4) is 0 Å². The summed E-state index contributed by atoms with van der Waals surface area (Å²) in [4.78, 5) is 15.6. The predicted molar refractivity (Wildman–Crippen MR) is 67.0 cm³/mol. The molecule has 0 aliphatic carbocycles. The van der Waals surface area contributed by atoms with Crippen LogP contribution in [0.25, 0.3) is 0 Å².